The second-order valence-electron chi connectivity index (χ2n) is 11.4. The molecule has 0 aromatic heterocycles. The first-order chi connectivity index (χ1) is 22.3. The Morgan fingerprint density at radius 1 is 0.289 bits per heavy atom. The van der Waals surface area contributed by atoms with Crippen LogP contribution in [0.15, 0.2) is 188 Å². The third-order valence-electron chi connectivity index (χ3n) is 8.67. The van der Waals surface area contributed by atoms with Gasteiger partial charge in [-0.2, -0.15) is 0 Å². The van der Waals surface area contributed by atoms with Crippen molar-refractivity contribution in [3.63, 3.8) is 0 Å². The van der Waals surface area contributed by atoms with E-state index in [9.17, 15) is 0 Å². The van der Waals surface area contributed by atoms with Gasteiger partial charge in [-0.15, -0.1) is 0 Å². The highest BCUT2D eigenvalue weighted by Crippen LogP contribution is 2.44. The summed E-state index contributed by atoms with van der Waals surface area (Å²) in [5.74, 6) is 0. The molecular weight excluding hydrogens is 542 g/mol. The molecule has 0 saturated carbocycles. The summed E-state index contributed by atoms with van der Waals surface area (Å²) in [4.78, 5) is 2.40. The summed E-state index contributed by atoms with van der Waals surface area (Å²) in [6, 6.07) is 67.7. The number of rotatable bonds is 6. The van der Waals surface area contributed by atoms with Crippen molar-refractivity contribution < 1.29 is 0 Å². The van der Waals surface area contributed by atoms with Crippen LogP contribution in [-0.2, 0) is 0 Å². The van der Waals surface area contributed by atoms with Gasteiger partial charge >= 0.3 is 0 Å². The number of hydrogen-bond acceptors (Lipinski definition) is 1. The number of hydrogen-bond donors (Lipinski definition) is 0. The molecule has 8 rings (SSSR count). The molecule has 0 aliphatic carbocycles. The number of fused-ring (bicyclic) bond motifs is 2. The normalized spacial score (nSPS) is 11.1. The fourth-order valence-corrected chi connectivity index (χ4v) is 6.49. The fraction of sp³-hybridized carbons (Fsp3) is 0. The van der Waals surface area contributed by atoms with E-state index in [0.717, 1.165) is 17.1 Å². The Morgan fingerprint density at radius 2 is 0.822 bits per heavy atom. The Kier molecular flexibility index (Phi) is 6.90. The fourth-order valence-electron chi connectivity index (χ4n) is 6.49. The summed E-state index contributed by atoms with van der Waals surface area (Å²) in [6.07, 6.45) is 0. The van der Waals surface area contributed by atoms with Crippen molar-refractivity contribution in [1.29, 1.82) is 0 Å². The largest absolute Gasteiger partial charge is 0.310 e. The van der Waals surface area contributed by atoms with Gasteiger partial charge in [0.05, 0.1) is 5.69 Å². The summed E-state index contributed by atoms with van der Waals surface area (Å²) in [7, 11) is 0. The lowest BCUT2D eigenvalue weighted by Crippen LogP contribution is -2.11. The second-order valence-corrected chi connectivity index (χ2v) is 11.4. The molecular formula is C44H31N. The van der Waals surface area contributed by atoms with Crippen LogP contribution in [-0.4, -0.2) is 0 Å². The van der Waals surface area contributed by atoms with Crippen LogP contribution in [0.5, 0.6) is 0 Å². The van der Waals surface area contributed by atoms with Gasteiger partial charge < -0.3 is 4.90 Å². The van der Waals surface area contributed by atoms with E-state index in [1.165, 1.54) is 54.9 Å². The zero-order valence-corrected chi connectivity index (χ0v) is 24.8. The van der Waals surface area contributed by atoms with Crippen LogP contribution in [0.4, 0.5) is 17.1 Å². The van der Waals surface area contributed by atoms with Crippen molar-refractivity contribution in [2.75, 3.05) is 4.90 Å². The maximum atomic E-state index is 2.40. The van der Waals surface area contributed by atoms with Crippen LogP contribution in [0.3, 0.4) is 0 Å². The highest BCUT2D eigenvalue weighted by molar-refractivity contribution is 6.03. The smallest absolute Gasteiger partial charge is 0.0540 e. The first-order valence-corrected chi connectivity index (χ1v) is 15.4. The van der Waals surface area contributed by atoms with Crippen molar-refractivity contribution in [3.8, 4) is 33.4 Å². The van der Waals surface area contributed by atoms with Crippen LogP contribution < -0.4 is 4.90 Å². The molecule has 0 unspecified atom stereocenters. The van der Waals surface area contributed by atoms with Gasteiger partial charge in [0.25, 0.3) is 0 Å². The number of benzene rings is 8. The van der Waals surface area contributed by atoms with Crippen molar-refractivity contribution in [1.82, 2.24) is 0 Å². The molecule has 8 aromatic rings. The van der Waals surface area contributed by atoms with E-state index >= 15 is 0 Å². The average Bonchev–Trinajstić information content (AvgIpc) is 3.13. The molecule has 0 amide bonds. The molecule has 1 heteroatoms. The Balaban J connectivity index is 1.35. The zero-order valence-electron chi connectivity index (χ0n) is 24.8. The number of nitrogens with zero attached hydrogens (tertiary/aromatic N) is 1. The predicted octanol–water partition coefficient (Wildman–Crippen LogP) is 12.5. The van der Waals surface area contributed by atoms with Gasteiger partial charge in [-0.25, -0.2) is 0 Å². The highest BCUT2D eigenvalue weighted by atomic mass is 15.1. The minimum atomic E-state index is 1.11. The zero-order chi connectivity index (χ0) is 30.0. The van der Waals surface area contributed by atoms with E-state index in [-0.39, 0.29) is 0 Å². The topological polar surface area (TPSA) is 3.24 Å². The minimum absolute atomic E-state index is 1.11. The van der Waals surface area contributed by atoms with Gasteiger partial charge in [-0.05, 0) is 79.9 Å². The van der Waals surface area contributed by atoms with Crippen molar-refractivity contribution in [3.05, 3.63) is 188 Å². The molecule has 0 fully saturated rings. The van der Waals surface area contributed by atoms with E-state index in [2.05, 4.69) is 193 Å². The third kappa shape index (κ3) is 5.05. The summed E-state index contributed by atoms with van der Waals surface area (Å²) in [5, 5.41) is 4.93. The monoisotopic (exact) mass is 573 g/mol. The summed E-state index contributed by atoms with van der Waals surface area (Å²) in [6.45, 7) is 0. The summed E-state index contributed by atoms with van der Waals surface area (Å²) >= 11 is 0. The van der Waals surface area contributed by atoms with Crippen molar-refractivity contribution >= 4 is 38.6 Å². The first kappa shape index (κ1) is 26.7. The molecule has 0 N–H and O–H groups in total. The molecule has 1 nitrogen and oxygen atoms in total. The second kappa shape index (κ2) is 11.6. The third-order valence-corrected chi connectivity index (χ3v) is 8.67. The van der Waals surface area contributed by atoms with Gasteiger partial charge in [0.1, 0.15) is 0 Å². The van der Waals surface area contributed by atoms with Gasteiger partial charge in [-0.1, -0.05) is 158 Å². The van der Waals surface area contributed by atoms with Crippen LogP contribution >= 0.6 is 0 Å². The quantitative estimate of drug-likeness (QED) is 0.191. The first-order valence-electron chi connectivity index (χ1n) is 15.4. The van der Waals surface area contributed by atoms with E-state index < -0.39 is 0 Å². The lowest BCUT2D eigenvalue weighted by atomic mass is 9.90. The summed E-state index contributed by atoms with van der Waals surface area (Å²) < 4.78 is 0. The highest BCUT2D eigenvalue weighted by Gasteiger charge is 2.19. The van der Waals surface area contributed by atoms with Gasteiger partial charge in [0.15, 0.2) is 0 Å². The average molecular weight is 574 g/mol. The number of anilines is 3. The maximum Gasteiger partial charge on any atom is 0.0540 e. The van der Waals surface area contributed by atoms with E-state index in [1.807, 2.05) is 0 Å². The molecule has 0 atom stereocenters. The molecule has 0 heterocycles. The van der Waals surface area contributed by atoms with E-state index in [1.54, 1.807) is 0 Å². The van der Waals surface area contributed by atoms with Gasteiger partial charge in [-0.3, -0.25) is 0 Å². The molecule has 0 aliphatic heterocycles. The molecule has 0 radical (unpaired) electrons. The van der Waals surface area contributed by atoms with Gasteiger partial charge in [0, 0.05) is 16.8 Å². The van der Waals surface area contributed by atoms with Crippen LogP contribution in [0.2, 0.25) is 0 Å². The van der Waals surface area contributed by atoms with Crippen LogP contribution in [0.25, 0.3) is 54.9 Å². The van der Waals surface area contributed by atoms with Gasteiger partial charge in [0.2, 0.25) is 0 Å². The van der Waals surface area contributed by atoms with E-state index in [0.29, 0.717) is 0 Å². The molecule has 212 valence electrons. The molecule has 0 bridgehead atoms. The standard InChI is InChI=1S/C44H31N/c1-3-13-32(14-4-1)33-25-27-37(28-26-33)45(44-24-12-20-35-18-8-10-22-40(35)44)38-29-30-42(43(31-38)36-15-5-2-6-16-36)41-23-11-19-34-17-7-9-21-39(34)41/h1-31H. The predicted molar refractivity (Wildman–Crippen MR) is 192 cm³/mol. The molecule has 0 aliphatic rings. The maximum absolute atomic E-state index is 2.40. The van der Waals surface area contributed by atoms with Crippen molar-refractivity contribution in [2.45, 2.75) is 0 Å². The van der Waals surface area contributed by atoms with Crippen LogP contribution in [0.1, 0.15) is 0 Å². The minimum Gasteiger partial charge on any atom is -0.310 e. The lowest BCUT2D eigenvalue weighted by molar-refractivity contribution is 1.30. The van der Waals surface area contributed by atoms with E-state index in [4.69, 9.17) is 0 Å². The molecule has 0 spiro atoms. The Morgan fingerprint density at radius 3 is 1.56 bits per heavy atom. The lowest BCUT2D eigenvalue weighted by Gasteiger charge is -2.28. The summed E-state index contributed by atoms with van der Waals surface area (Å²) in [5.41, 5.74) is 10.7. The van der Waals surface area contributed by atoms with Crippen molar-refractivity contribution in [2.24, 2.45) is 0 Å². The molecule has 0 saturated heterocycles. The van der Waals surface area contributed by atoms with Crippen LogP contribution in [0, 0.1) is 0 Å². The Hall–Kier alpha value is -5.92. The SMILES string of the molecule is c1ccc(-c2ccc(N(c3ccc(-c4cccc5ccccc45)c(-c4ccccc4)c3)c3cccc4ccccc34)cc2)cc1. The Labute approximate surface area is 264 Å². The molecule has 8 aromatic carbocycles. The molecule has 45 heavy (non-hydrogen) atoms. The Bertz CT molecular complexity index is 2240.